The van der Waals surface area contributed by atoms with Gasteiger partial charge < -0.3 is 18.9 Å². The van der Waals surface area contributed by atoms with Crippen LogP contribution in [0.1, 0.15) is 31.9 Å². The topological polar surface area (TPSA) is 77.9 Å². The second-order valence-corrected chi connectivity index (χ2v) is 7.26. The van der Waals surface area contributed by atoms with Crippen molar-refractivity contribution in [3.63, 3.8) is 0 Å². The van der Waals surface area contributed by atoms with E-state index in [0.717, 1.165) is 0 Å². The van der Waals surface area contributed by atoms with Gasteiger partial charge in [-0.05, 0) is 50.6 Å². The second kappa shape index (κ2) is 9.53. The summed E-state index contributed by atoms with van der Waals surface area (Å²) in [6.45, 7) is 6.28. The molecule has 6 nitrogen and oxygen atoms in total. The Morgan fingerprint density at radius 3 is 2.46 bits per heavy atom. The summed E-state index contributed by atoms with van der Waals surface area (Å²) >= 11 is 0. The quantitative estimate of drug-likeness (QED) is 0.623. The molecular weight excluding hydrogens is 353 g/mol. The van der Waals surface area contributed by atoms with Gasteiger partial charge in [0.1, 0.15) is 0 Å². The Hall–Kier alpha value is -2.14. The number of ether oxygens (including phenoxy) is 1. The van der Waals surface area contributed by atoms with Crippen LogP contribution in [-0.4, -0.2) is 29.9 Å². The van der Waals surface area contributed by atoms with E-state index in [9.17, 15) is 9.67 Å². The van der Waals surface area contributed by atoms with Gasteiger partial charge in [0.25, 0.3) is 0 Å². The van der Waals surface area contributed by atoms with Crippen molar-refractivity contribution in [1.82, 2.24) is 4.98 Å². The van der Waals surface area contributed by atoms with Crippen LogP contribution < -0.4 is 4.74 Å². The number of rotatable bonds is 9. The van der Waals surface area contributed by atoms with E-state index < -0.39 is 7.60 Å². The lowest BCUT2D eigenvalue weighted by Gasteiger charge is -2.20. The van der Waals surface area contributed by atoms with Crippen LogP contribution in [0.25, 0.3) is 11.4 Å². The molecule has 1 heterocycles. The van der Waals surface area contributed by atoms with E-state index in [2.05, 4.69) is 4.98 Å². The number of aromatic nitrogens is 1. The van der Waals surface area contributed by atoms with E-state index in [4.69, 9.17) is 13.8 Å². The molecule has 0 saturated carbocycles. The minimum Gasteiger partial charge on any atom is -0.504 e. The van der Waals surface area contributed by atoms with Crippen LogP contribution in [0, 0.1) is 0 Å². The molecule has 0 unspecified atom stereocenters. The maximum absolute atomic E-state index is 13.4. The molecule has 2 aromatic rings. The molecule has 0 atom stereocenters. The molecule has 0 aliphatic rings. The standard InChI is InChI=1S/C19H24NO5P/c1-4-23-18-12-15(9-10-17(18)21)13-19(16-8-7-11-20-14-16)26(22,24-5-2)25-6-3/h7-14,21H,4-6H2,1-3H3. The number of pyridine rings is 1. The van der Waals surface area contributed by atoms with Gasteiger partial charge in [-0.3, -0.25) is 9.55 Å². The van der Waals surface area contributed by atoms with E-state index in [1.54, 1.807) is 56.6 Å². The molecule has 1 aromatic heterocycles. The normalized spacial score (nSPS) is 12.2. The van der Waals surface area contributed by atoms with Gasteiger partial charge in [-0.25, -0.2) is 0 Å². The summed E-state index contributed by atoms with van der Waals surface area (Å²) in [5, 5.41) is 10.3. The highest BCUT2D eigenvalue weighted by atomic mass is 31.2. The van der Waals surface area contributed by atoms with Gasteiger partial charge in [0.15, 0.2) is 11.5 Å². The van der Waals surface area contributed by atoms with Crippen molar-refractivity contribution >= 4 is 19.0 Å². The summed E-state index contributed by atoms with van der Waals surface area (Å²) in [5.41, 5.74) is 1.34. The van der Waals surface area contributed by atoms with Crippen molar-refractivity contribution in [2.75, 3.05) is 19.8 Å². The average Bonchev–Trinajstić information content (AvgIpc) is 2.63. The number of benzene rings is 1. The highest BCUT2D eigenvalue weighted by Crippen LogP contribution is 2.61. The Kier molecular flexibility index (Phi) is 7.39. The Labute approximate surface area is 154 Å². The lowest BCUT2D eigenvalue weighted by molar-refractivity contribution is 0.231. The summed E-state index contributed by atoms with van der Waals surface area (Å²) in [6, 6.07) is 8.47. The first-order chi connectivity index (χ1) is 12.5. The molecule has 0 aliphatic heterocycles. The predicted molar refractivity (Wildman–Crippen MR) is 102 cm³/mol. The fraction of sp³-hybridized carbons (Fsp3) is 0.316. The fourth-order valence-corrected chi connectivity index (χ4v) is 4.19. The highest BCUT2D eigenvalue weighted by Gasteiger charge is 2.31. The Morgan fingerprint density at radius 2 is 1.88 bits per heavy atom. The van der Waals surface area contributed by atoms with E-state index in [1.165, 1.54) is 6.07 Å². The molecule has 1 aromatic carbocycles. The highest BCUT2D eigenvalue weighted by molar-refractivity contribution is 7.65. The minimum atomic E-state index is -3.54. The van der Waals surface area contributed by atoms with Gasteiger partial charge in [-0.15, -0.1) is 0 Å². The first-order valence-electron chi connectivity index (χ1n) is 8.51. The molecule has 1 N–H and O–H groups in total. The van der Waals surface area contributed by atoms with Crippen molar-refractivity contribution in [3.05, 3.63) is 53.9 Å². The Bertz CT molecular complexity index is 782. The van der Waals surface area contributed by atoms with E-state index in [0.29, 0.717) is 28.8 Å². The largest absolute Gasteiger partial charge is 0.504 e. The summed E-state index contributed by atoms with van der Waals surface area (Å²) < 4.78 is 29.8. The number of hydrogen-bond donors (Lipinski definition) is 1. The summed E-state index contributed by atoms with van der Waals surface area (Å²) in [6.07, 6.45) is 4.96. The molecule has 26 heavy (non-hydrogen) atoms. The maximum atomic E-state index is 13.4. The monoisotopic (exact) mass is 377 g/mol. The third-order valence-corrected chi connectivity index (χ3v) is 5.61. The first-order valence-corrected chi connectivity index (χ1v) is 10.1. The maximum Gasteiger partial charge on any atom is 0.361 e. The molecule has 0 saturated heterocycles. The smallest absolute Gasteiger partial charge is 0.361 e. The summed E-state index contributed by atoms with van der Waals surface area (Å²) in [7, 11) is -3.54. The first kappa shape index (κ1) is 20.2. The zero-order chi connectivity index (χ0) is 19.0. The van der Waals surface area contributed by atoms with Crippen LogP contribution in [0.4, 0.5) is 0 Å². The predicted octanol–water partition coefficient (Wildman–Crippen LogP) is 4.95. The van der Waals surface area contributed by atoms with Crippen LogP contribution in [0.2, 0.25) is 0 Å². The van der Waals surface area contributed by atoms with Crippen LogP contribution in [0.15, 0.2) is 42.7 Å². The van der Waals surface area contributed by atoms with E-state index >= 15 is 0 Å². The Balaban J connectivity index is 2.59. The van der Waals surface area contributed by atoms with Crippen molar-refractivity contribution in [1.29, 1.82) is 0 Å². The third kappa shape index (κ3) is 4.94. The third-order valence-electron chi connectivity index (χ3n) is 3.44. The molecule has 0 amide bonds. The molecule has 0 spiro atoms. The van der Waals surface area contributed by atoms with Gasteiger partial charge in [0, 0.05) is 18.0 Å². The molecule has 2 rings (SSSR count). The van der Waals surface area contributed by atoms with Crippen LogP contribution in [0.5, 0.6) is 11.5 Å². The molecule has 0 bridgehead atoms. The van der Waals surface area contributed by atoms with Crippen LogP contribution in [0.3, 0.4) is 0 Å². The second-order valence-electron chi connectivity index (χ2n) is 5.26. The van der Waals surface area contributed by atoms with Gasteiger partial charge in [-0.2, -0.15) is 0 Å². The summed E-state index contributed by atoms with van der Waals surface area (Å²) in [4.78, 5) is 4.10. The number of phenolic OH excluding ortho intramolecular Hbond substituents is 1. The van der Waals surface area contributed by atoms with Gasteiger partial charge in [0.2, 0.25) is 0 Å². The van der Waals surface area contributed by atoms with E-state index in [-0.39, 0.29) is 19.0 Å². The lowest BCUT2D eigenvalue weighted by Crippen LogP contribution is -1.99. The number of nitrogens with zero attached hydrogens (tertiary/aromatic N) is 1. The van der Waals surface area contributed by atoms with Gasteiger partial charge >= 0.3 is 7.60 Å². The van der Waals surface area contributed by atoms with Crippen molar-refractivity contribution < 1.29 is 23.5 Å². The van der Waals surface area contributed by atoms with Crippen LogP contribution >= 0.6 is 7.60 Å². The molecule has 7 heteroatoms. The number of phenols is 1. The average molecular weight is 377 g/mol. The van der Waals surface area contributed by atoms with Crippen LogP contribution in [-0.2, 0) is 13.6 Å². The number of aromatic hydroxyl groups is 1. The van der Waals surface area contributed by atoms with Crippen molar-refractivity contribution in [2.45, 2.75) is 20.8 Å². The Morgan fingerprint density at radius 1 is 1.15 bits per heavy atom. The van der Waals surface area contributed by atoms with Crippen molar-refractivity contribution in [3.8, 4) is 11.5 Å². The SMILES string of the molecule is CCOc1cc(C=C(c2cccnc2)P(=O)(OCC)OCC)ccc1O. The fourth-order valence-electron chi connectivity index (χ4n) is 2.40. The molecule has 0 aliphatic carbocycles. The molecule has 140 valence electrons. The van der Waals surface area contributed by atoms with Crippen molar-refractivity contribution in [2.24, 2.45) is 0 Å². The number of hydrogen-bond acceptors (Lipinski definition) is 6. The summed E-state index contributed by atoms with van der Waals surface area (Å²) in [5.74, 6) is 0.402. The molecule has 0 fully saturated rings. The van der Waals surface area contributed by atoms with Gasteiger partial charge in [0.05, 0.1) is 25.1 Å². The zero-order valence-electron chi connectivity index (χ0n) is 15.2. The van der Waals surface area contributed by atoms with E-state index in [1.807, 2.05) is 6.92 Å². The molecular formula is C19H24NO5P. The minimum absolute atomic E-state index is 0.0460. The molecule has 0 radical (unpaired) electrons. The zero-order valence-corrected chi connectivity index (χ0v) is 16.1. The van der Waals surface area contributed by atoms with Gasteiger partial charge in [-0.1, -0.05) is 12.1 Å². The lowest BCUT2D eigenvalue weighted by atomic mass is 10.1.